The lowest BCUT2D eigenvalue weighted by atomic mass is 10.1. The lowest BCUT2D eigenvalue weighted by molar-refractivity contribution is 0.0595. The number of aromatic nitrogens is 1. The summed E-state index contributed by atoms with van der Waals surface area (Å²) in [6.07, 6.45) is 1.34. The van der Waals surface area contributed by atoms with Gasteiger partial charge in [-0.1, -0.05) is 34.5 Å². The fraction of sp³-hybridized carbons (Fsp3) is 0.263. The van der Waals surface area contributed by atoms with E-state index in [4.69, 9.17) is 27.9 Å². The summed E-state index contributed by atoms with van der Waals surface area (Å²) in [6, 6.07) is 9.36. The van der Waals surface area contributed by atoms with Crippen molar-refractivity contribution in [2.75, 3.05) is 13.1 Å². The number of amides is 1. The number of carbonyl (C=O) groups excluding carboxylic acids is 1. The second kappa shape index (κ2) is 7.62. The first kappa shape index (κ1) is 18.5. The van der Waals surface area contributed by atoms with Gasteiger partial charge in [-0.3, -0.25) is 4.79 Å². The molecule has 2 heterocycles. The molecule has 2 aromatic carbocycles. The number of carbonyl (C=O) groups is 1. The topological polar surface area (TPSA) is 42.4 Å². The van der Waals surface area contributed by atoms with E-state index >= 15 is 0 Å². The summed E-state index contributed by atoms with van der Waals surface area (Å²) in [5.41, 5.74) is 1.14. The molecule has 8 heteroatoms. The Hall–Kier alpha value is -1.89. The third-order valence-corrected chi connectivity index (χ3v) is 5.96. The van der Waals surface area contributed by atoms with Crippen LogP contribution in [0.1, 0.15) is 23.2 Å². The van der Waals surface area contributed by atoms with E-state index in [1.807, 2.05) is 0 Å². The van der Waals surface area contributed by atoms with E-state index in [1.54, 1.807) is 29.2 Å². The number of hydrogen-bond donors (Lipinski definition) is 0. The Kier molecular flexibility index (Phi) is 5.21. The number of ether oxygens (including phenoxy) is 1. The molecule has 1 aliphatic heterocycles. The number of halogens is 3. The minimum Gasteiger partial charge on any atom is -0.467 e. The first-order valence-electron chi connectivity index (χ1n) is 8.46. The van der Waals surface area contributed by atoms with Gasteiger partial charge in [0.2, 0.25) is 0 Å². The number of hydrogen-bond acceptors (Lipinski definition) is 4. The van der Waals surface area contributed by atoms with Crippen molar-refractivity contribution in [1.82, 2.24) is 9.88 Å². The van der Waals surface area contributed by atoms with Crippen LogP contribution in [0.5, 0.6) is 5.19 Å². The van der Waals surface area contributed by atoms with Gasteiger partial charge < -0.3 is 9.64 Å². The van der Waals surface area contributed by atoms with Crippen LogP contribution in [0.3, 0.4) is 0 Å². The molecule has 1 amide bonds. The van der Waals surface area contributed by atoms with Gasteiger partial charge >= 0.3 is 0 Å². The fourth-order valence-electron chi connectivity index (χ4n) is 3.08. The zero-order valence-electron chi connectivity index (χ0n) is 14.1. The van der Waals surface area contributed by atoms with E-state index < -0.39 is 0 Å². The molecule has 0 N–H and O–H groups in total. The van der Waals surface area contributed by atoms with Crippen molar-refractivity contribution < 1.29 is 13.9 Å². The summed E-state index contributed by atoms with van der Waals surface area (Å²) in [4.78, 5) is 18.8. The number of benzene rings is 2. The van der Waals surface area contributed by atoms with Gasteiger partial charge in [0.15, 0.2) is 0 Å². The van der Waals surface area contributed by atoms with Gasteiger partial charge in [-0.05, 0) is 36.4 Å². The number of likely N-dealkylation sites (tertiary alicyclic amines) is 1. The molecule has 140 valence electrons. The molecule has 0 saturated carbocycles. The highest BCUT2D eigenvalue weighted by Crippen LogP contribution is 2.31. The predicted octanol–water partition coefficient (Wildman–Crippen LogP) is 5.43. The van der Waals surface area contributed by atoms with Crippen LogP contribution >= 0.6 is 34.5 Å². The number of nitrogens with zero attached hydrogens (tertiary/aromatic N) is 2. The summed E-state index contributed by atoms with van der Waals surface area (Å²) >= 11 is 13.4. The minimum absolute atomic E-state index is 0.0331. The molecule has 0 spiro atoms. The normalized spacial score (nSPS) is 15.3. The van der Waals surface area contributed by atoms with Gasteiger partial charge in [0.05, 0.1) is 20.8 Å². The summed E-state index contributed by atoms with van der Waals surface area (Å²) < 4.78 is 20.0. The molecule has 3 aromatic rings. The van der Waals surface area contributed by atoms with Crippen molar-refractivity contribution in [2.24, 2.45) is 0 Å². The second-order valence-corrected chi connectivity index (χ2v) is 8.16. The van der Waals surface area contributed by atoms with Crippen LogP contribution in [0.15, 0.2) is 36.4 Å². The van der Waals surface area contributed by atoms with Crippen molar-refractivity contribution in [2.45, 2.75) is 18.9 Å². The van der Waals surface area contributed by atoms with Crippen LogP contribution < -0.4 is 4.74 Å². The van der Waals surface area contributed by atoms with Crippen LogP contribution in [0.4, 0.5) is 4.39 Å². The Morgan fingerprint density at radius 1 is 1.19 bits per heavy atom. The fourth-order valence-corrected chi connectivity index (χ4v) is 4.36. The summed E-state index contributed by atoms with van der Waals surface area (Å²) in [6.45, 7) is 1.12. The third kappa shape index (κ3) is 4.03. The van der Waals surface area contributed by atoms with Crippen molar-refractivity contribution in [3.63, 3.8) is 0 Å². The molecule has 4 nitrogen and oxygen atoms in total. The molecular formula is C19H15Cl2FN2O2S. The molecule has 1 aromatic heterocycles. The Morgan fingerprint density at radius 3 is 2.74 bits per heavy atom. The minimum atomic E-state index is -0.288. The first-order chi connectivity index (χ1) is 13.0. The lowest BCUT2D eigenvalue weighted by Crippen LogP contribution is -2.41. The maximum Gasteiger partial charge on any atom is 0.274 e. The molecule has 0 radical (unpaired) electrons. The largest absolute Gasteiger partial charge is 0.467 e. The number of thiazole rings is 1. The van der Waals surface area contributed by atoms with Gasteiger partial charge in [-0.15, -0.1) is 0 Å². The van der Waals surface area contributed by atoms with Crippen molar-refractivity contribution >= 4 is 50.7 Å². The molecular weight excluding hydrogens is 410 g/mol. The maximum absolute atomic E-state index is 13.3. The van der Waals surface area contributed by atoms with Crippen LogP contribution in [-0.2, 0) is 0 Å². The number of fused-ring (bicyclic) bond motifs is 1. The van der Waals surface area contributed by atoms with Gasteiger partial charge in [0, 0.05) is 31.0 Å². The smallest absolute Gasteiger partial charge is 0.274 e. The van der Waals surface area contributed by atoms with Crippen LogP contribution in [0.2, 0.25) is 10.0 Å². The van der Waals surface area contributed by atoms with Gasteiger partial charge in [0.1, 0.15) is 11.9 Å². The van der Waals surface area contributed by atoms with Crippen molar-refractivity contribution in [3.05, 3.63) is 57.8 Å². The number of piperidine rings is 1. The SMILES string of the molecule is O=C(c1cc(Cl)ccc1Cl)N1CCC(Oc2nc3ccc(F)cc3s2)CC1. The molecule has 1 fully saturated rings. The summed E-state index contributed by atoms with van der Waals surface area (Å²) in [5.74, 6) is -0.416. The highest BCUT2D eigenvalue weighted by atomic mass is 35.5. The van der Waals surface area contributed by atoms with Crippen LogP contribution in [-0.4, -0.2) is 35.0 Å². The maximum atomic E-state index is 13.3. The first-order valence-corrected chi connectivity index (χ1v) is 10.0. The van der Waals surface area contributed by atoms with Crippen LogP contribution in [0.25, 0.3) is 10.2 Å². The lowest BCUT2D eigenvalue weighted by Gasteiger charge is -2.31. The standard InChI is InChI=1S/C19H15Cl2FN2O2S/c20-11-1-3-15(21)14(9-11)18(25)24-7-5-13(6-8-24)26-19-23-16-4-2-12(22)10-17(16)27-19/h1-4,9-10,13H,5-8H2. The zero-order valence-corrected chi connectivity index (χ0v) is 16.5. The zero-order chi connectivity index (χ0) is 19.0. The monoisotopic (exact) mass is 424 g/mol. The Morgan fingerprint density at radius 2 is 1.96 bits per heavy atom. The van der Waals surface area contributed by atoms with E-state index in [0.717, 1.165) is 10.2 Å². The van der Waals surface area contributed by atoms with Crippen LogP contribution in [0, 0.1) is 5.82 Å². The number of rotatable bonds is 3. The van der Waals surface area contributed by atoms with E-state index in [2.05, 4.69) is 4.98 Å². The average molecular weight is 425 g/mol. The van der Waals surface area contributed by atoms with E-state index in [-0.39, 0.29) is 17.8 Å². The molecule has 27 heavy (non-hydrogen) atoms. The predicted molar refractivity (Wildman–Crippen MR) is 106 cm³/mol. The van der Waals surface area contributed by atoms with Gasteiger partial charge in [-0.25, -0.2) is 9.37 Å². The highest BCUT2D eigenvalue weighted by molar-refractivity contribution is 7.20. The Bertz CT molecular complexity index is 1000. The van der Waals surface area contributed by atoms with Crippen molar-refractivity contribution in [3.8, 4) is 5.19 Å². The molecule has 0 atom stereocenters. The summed E-state index contributed by atoms with van der Waals surface area (Å²) in [7, 11) is 0. The van der Waals surface area contributed by atoms with Gasteiger partial charge in [-0.2, -0.15) is 0 Å². The quantitative estimate of drug-likeness (QED) is 0.563. The molecule has 1 saturated heterocycles. The molecule has 4 rings (SSSR count). The van der Waals surface area contributed by atoms with Crippen molar-refractivity contribution in [1.29, 1.82) is 0 Å². The Balaban J connectivity index is 1.39. The average Bonchev–Trinajstić information content (AvgIpc) is 3.05. The third-order valence-electron chi connectivity index (χ3n) is 4.49. The Labute approximate surface area is 169 Å². The summed E-state index contributed by atoms with van der Waals surface area (Å²) in [5, 5.41) is 1.40. The molecule has 0 aliphatic carbocycles. The molecule has 0 bridgehead atoms. The highest BCUT2D eigenvalue weighted by Gasteiger charge is 2.26. The van der Waals surface area contributed by atoms with E-state index in [1.165, 1.54) is 23.5 Å². The molecule has 0 unspecified atom stereocenters. The van der Waals surface area contributed by atoms with E-state index in [0.29, 0.717) is 46.7 Å². The second-order valence-electron chi connectivity index (χ2n) is 6.33. The van der Waals surface area contributed by atoms with E-state index in [9.17, 15) is 9.18 Å². The molecule has 1 aliphatic rings. The van der Waals surface area contributed by atoms with Gasteiger partial charge in [0.25, 0.3) is 11.1 Å².